The van der Waals surface area contributed by atoms with E-state index in [-0.39, 0.29) is 30.6 Å². The quantitative estimate of drug-likeness (QED) is 0.682. The first-order chi connectivity index (χ1) is 15.1. The standard InChI is InChI=1S/C22H24F4N4O2/c1-15-12-16(6-7-18(15)23)13-27-21(32)30-10-8-29(9-11-30)14-20(31)28-19-5-3-2-4-17(19)22(24,25)26/h2-7,12H,8-11,13-14H2,1H3,(H,27,32)(H,28,31). The largest absolute Gasteiger partial charge is 0.418 e. The molecule has 1 fully saturated rings. The molecular weight excluding hydrogens is 428 g/mol. The van der Waals surface area contributed by atoms with Crippen molar-refractivity contribution in [1.29, 1.82) is 0 Å². The number of anilines is 1. The second-order valence-corrected chi connectivity index (χ2v) is 7.60. The zero-order valence-corrected chi connectivity index (χ0v) is 17.5. The number of urea groups is 1. The minimum Gasteiger partial charge on any atom is -0.334 e. The van der Waals surface area contributed by atoms with Crippen LogP contribution in [-0.4, -0.2) is 54.5 Å². The van der Waals surface area contributed by atoms with Gasteiger partial charge in [0, 0.05) is 32.7 Å². The fourth-order valence-corrected chi connectivity index (χ4v) is 3.45. The number of amides is 3. The summed E-state index contributed by atoms with van der Waals surface area (Å²) < 4.78 is 52.5. The molecule has 2 N–H and O–H groups in total. The molecule has 1 saturated heterocycles. The van der Waals surface area contributed by atoms with Gasteiger partial charge in [0.25, 0.3) is 0 Å². The molecule has 6 nitrogen and oxygen atoms in total. The number of nitrogens with one attached hydrogen (secondary N) is 2. The lowest BCUT2D eigenvalue weighted by atomic mass is 10.1. The Kier molecular flexibility index (Phi) is 7.34. The smallest absolute Gasteiger partial charge is 0.334 e. The first kappa shape index (κ1) is 23.5. The molecule has 3 amide bonds. The Labute approximate surface area is 183 Å². The van der Waals surface area contributed by atoms with E-state index in [4.69, 9.17) is 0 Å². The summed E-state index contributed by atoms with van der Waals surface area (Å²) in [6, 6.07) is 9.18. The van der Waals surface area contributed by atoms with Gasteiger partial charge in [0.15, 0.2) is 0 Å². The zero-order valence-electron chi connectivity index (χ0n) is 17.5. The number of carbonyl (C=O) groups excluding carboxylic acids is 2. The number of hydrogen-bond donors (Lipinski definition) is 2. The summed E-state index contributed by atoms with van der Waals surface area (Å²) in [5.41, 5.74) is 0.110. The van der Waals surface area contributed by atoms with Gasteiger partial charge in [-0.2, -0.15) is 13.2 Å². The average Bonchev–Trinajstić information content (AvgIpc) is 2.74. The third kappa shape index (κ3) is 6.19. The van der Waals surface area contributed by atoms with Crippen molar-refractivity contribution in [2.45, 2.75) is 19.6 Å². The fourth-order valence-electron chi connectivity index (χ4n) is 3.45. The molecule has 0 spiro atoms. The Bertz CT molecular complexity index is 973. The van der Waals surface area contributed by atoms with Crippen molar-refractivity contribution in [2.75, 3.05) is 38.0 Å². The van der Waals surface area contributed by atoms with E-state index in [1.807, 2.05) is 0 Å². The molecule has 32 heavy (non-hydrogen) atoms. The Morgan fingerprint density at radius 1 is 1.03 bits per heavy atom. The molecular formula is C22H24F4N4O2. The van der Waals surface area contributed by atoms with E-state index in [9.17, 15) is 27.2 Å². The van der Waals surface area contributed by atoms with Crippen LogP contribution < -0.4 is 10.6 Å². The van der Waals surface area contributed by atoms with Gasteiger partial charge >= 0.3 is 12.2 Å². The second-order valence-electron chi connectivity index (χ2n) is 7.60. The average molecular weight is 452 g/mol. The molecule has 2 aromatic rings. The van der Waals surface area contributed by atoms with Crippen molar-refractivity contribution >= 4 is 17.6 Å². The minimum atomic E-state index is -4.56. The zero-order chi connectivity index (χ0) is 23.3. The highest BCUT2D eigenvalue weighted by Gasteiger charge is 2.33. The van der Waals surface area contributed by atoms with Gasteiger partial charge in [-0.3, -0.25) is 9.69 Å². The Balaban J connectivity index is 1.45. The van der Waals surface area contributed by atoms with Crippen molar-refractivity contribution in [3.8, 4) is 0 Å². The van der Waals surface area contributed by atoms with Crippen LogP contribution in [0.5, 0.6) is 0 Å². The normalized spacial score (nSPS) is 14.8. The van der Waals surface area contributed by atoms with Crippen LogP contribution in [0.1, 0.15) is 16.7 Å². The summed E-state index contributed by atoms with van der Waals surface area (Å²) in [6.45, 7) is 3.42. The van der Waals surface area contributed by atoms with Gasteiger partial charge < -0.3 is 15.5 Å². The summed E-state index contributed by atoms with van der Waals surface area (Å²) in [5.74, 6) is -0.853. The van der Waals surface area contributed by atoms with E-state index in [2.05, 4.69) is 10.6 Å². The molecule has 1 heterocycles. The summed E-state index contributed by atoms with van der Waals surface area (Å²) in [5, 5.41) is 5.11. The van der Waals surface area contributed by atoms with E-state index >= 15 is 0 Å². The van der Waals surface area contributed by atoms with E-state index in [1.165, 1.54) is 24.3 Å². The van der Waals surface area contributed by atoms with Crippen molar-refractivity contribution < 1.29 is 27.2 Å². The van der Waals surface area contributed by atoms with Crippen LogP contribution in [0.25, 0.3) is 0 Å². The lowest BCUT2D eigenvalue weighted by molar-refractivity contribution is -0.137. The topological polar surface area (TPSA) is 64.7 Å². The lowest BCUT2D eigenvalue weighted by Crippen LogP contribution is -2.52. The number of rotatable bonds is 5. The molecule has 10 heteroatoms. The summed E-state index contributed by atoms with van der Waals surface area (Å²) in [6.07, 6.45) is -4.56. The maximum atomic E-state index is 13.3. The molecule has 1 aliphatic heterocycles. The molecule has 0 bridgehead atoms. The lowest BCUT2D eigenvalue weighted by Gasteiger charge is -2.34. The predicted octanol–water partition coefficient (Wildman–Crippen LogP) is 3.62. The number of nitrogens with zero attached hydrogens (tertiary/aromatic N) is 2. The summed E-state index contributed by atoms with van der Waals surface area (Å²) in [7, 11) is 0. The first-order valence-corrected chi connectivity index (χ1v) is 10.1. The molecule has 0 aliphatic carbocycles. The highest BCUT2D eigenvalue weighted by atomic mass is 19.4. The number of aryl methyl sites for hydroxylation is 1. The van der Waals surface area contributed by atoms with Gasteiger partial charge in [0.05, 0.1) is 17.8 Å². The molecule has 1 aliphatic rings. The first-order valence-electron chi connectivity index (χ1n) is 10.1. The van der Waals surface area contributed by atoms with Gasteiger partial charge in [-0.1, -0.05) is 24.3 Å². The van der Waals surface area contributed by atoms with Gasteiger partial charge in [-0.05, 0) is 36.2 Å². The number of benzene rings is 2. The molecule has 3 rings (SSSR count). The maximum absolute atomic E-state index is 13.3. The predicted molar refractivity (Wildman–Crippen MR) is 111 cm³/mol. The molecule has 0 unspecified atom stereocenters. The molecule has 2 aromatic carbocycles. The Hall–Kier alpha value is -3.14. The second kappa shape index (κ2) is 9.99. The Morgan fingerprint density at radius 2 is 1.72 bits per heavy atom. The molecule has 0 radical (unpaired) electrons. The van der Waals surface area contributed by atoms with Crippen molar-refractivity contribution in [3.05, 3.63) is 65.0 Å². The highest BCUT2D eigenvalue weighted by molar-refractivity contribution is 5.93. The van der Waals surface area contributed by atoms with Gasteiger partial charge in [0.2, 0.25) is 5.91 Å². The molecule has 0 aromatic heterocycles. The molecule has 0 saturated carbocycles. The van der Waals surface area contributed by atoms with Crippen LogP contribution in [0.3, 0.4) is 0 Å². The van der Waals surface area contributed by atoms with Gasteiger partial charge in [0.1, 0.15) is 5.82 Å². The third-order valence-corrected chi connectivity index (χ3v) is 5.20. The van der Waals surface area contributed by atoms with Crippen LogP contribution in [0.4, 0.5) is 28.0 Å². The summed E-state index contributed by atoms with van der Waals surface area (Å²) >= 11 is 0. The Morgan fingerprint density at radius 3 is 2.38 bits per heavy atom. The maximum Gasteiger partial charge on any atom is 0.418 e. The molecule has 172 valence electrons. The number of alkyl halides is 3. The number of piperazine rings is 1. The monoisotopic (exact) mass is 452 g/mol. The van der Waals surface area contributed by atoms with Crippen LogP contribution in [0, 0.1) is 12.7 Å². The van der Waals surface area contributed by atoms with Crippen molar-refractivity contribution in [2.24, 2.45) is 0 Å². The van der Waals surface area contributed by atoms with Crippen LogP contribution >= 0.6 is 0 Å². The van der Waals surface area contributed by atoms with E-state index in [1.54, 1.807) is 28.9 Å². The van der Waals surface area contributed by atoms with Gasteiger partial charge in [-0.25, -0.2) is 9.18 Å². The van der Waals surface area contributed by atoms with Crippen LogP contribution in [0.2, 0.25) is 0 Å². The molecule has 0 atom stereocenters. The SMILES string of the molecule is Cc1cc(CNC(=O)N2CCN(CC(=O)Nc3ccccc3C(F)(F)F)CC2)ccc1F. The number of halogens is 4. The third-order valence-electron chi connectivity index (χ3n) is 5.20. The fraction of sp³-hybridized carbons (Fsp3) is 0.364. The van der Waals surface area contributed by atoms with Crippen molar-refractivity contribution in [3.63, 3.8) is 0 Å². The number of hydrogen-bond acceptors (Lipinski definition) is 3. The number of carbonyl (C=O) groups is 2. The van der Waals surface area contributed by atoms with E-state index < -0.39 is 17.6 Å². The highest BCUT2D eigenvalue weighted by Crippen LogP contribution is 2.34. The van der Waals surface area contributed by atoms with Crippen LogP contribution in [-0.2, 0) is 17.5 Å². The van der Waals surface area contributed by atoms with E-state index in [0.29, 0.717) is 31.7 Å². The minimum absolute atomic E-state index is 0.0729. The summed E-state index contributed by atoms with van der Waals surface area (Å²) in [4.78, 5) is 28.0. The van der Waals surface area contributed by atoms with Crippen LogP contribution in [0.15, 0.2) is 42.5 Å². The van der Waals surface area contributed by atoms with Gasteiger partial charge in [-0.15, -0.1) is 0 Å². The van der Waals surface area contributed by atoms with E-state index in [0.717, 1.165) is 11.6 Å². The number of para-hydroxylation sites is 1. The van der Waals surface area contributed by atoms with Crippen molar-refractivity contribution in [1.82, 2.24) is 15.1 Å².